The predicted octanol–water partition coefficient (Wildman–Crippen LogP) is 2.18. The molecule has 0 unspecified atom stereocenters. The van der Waals surface area contributed by atoms with E-state index in [2.05, 4.69) is 0 Å². The minimum absolute atomic E-state index is 0.0668. The number of benzene rings is 1. The van der Waals surface area contributed by atoms with Crippen molar-refractivity contribution in [3.05, 3.63) is 22.5 Å². The van der Waals surface area contributed by atoms with E-state index in [1.165, 1.54) is 6.07 Å². The van der Waals surface area contributed by atoms with Gasteiger partial charge in [0.1, 0.15) is 10.8 Å². The van der Waals surface area contributed by atoms with Crippen molar-refractivity contribution in [2.45, 2.75) is 12.8 Å². The second-order valence-corrected chi connectivity index (χ2v) is 3.89. The molecule has 1 aromatic rings. The quantitative estimate of drug-likeness (QED) is 0.869. The Morgan fingerprint density at radius 3 is 2.88 bits per heavy atom. The predicted molar refractivity (Wildman–Crippen MR) is 57.8 cm³/mol. The number of aliphatic hydroxyl groups excluding tert-OH is 1. The topological polar surface area (TPSA) is 38.7 Å². The zero-order valence-electron chi connectivity index (χ0n) is 8.63. The number of fused-ring (bicyclic) bond motifs is 1. The molecule has 0 atom stereocenters. The van der Waals surface area contributed by atoms with Crippen molar-refractivity contribution >= 4 is 11.6 Å². The molecule has 0 saturated carbocycles. The molecule has 0 aliphatic carbocycles. The lowest BCUT2D eigenvalue weighted by Crippen LogP contribution is -2.00. The maximum atomic E-state index is 13.7. The number of rotatable bonds is 2. The van der Waals surface area contributed by atoms with Gasteiger partial charge >= 0.3 is 0 Å². The minimum Gasteiger partial charge on any atom is -0.489 e. The van der Waals surface area contributed by atoms with Crippen LogP contribution in [0.4, 0.5) is 4.39 Å². The number of aliphatic hydroxyl groups is 1. The van der Waals surface area contributed by atoms with Crippen LogP contribution in [0.2, 0.25) is 5.02 Å². The molecule has 88 valence electrons. The molecule has 0 aromatic heterocycles. The molecule has 0 spiro atoms. The lowest BCUT2D eigenvalue weighted by molar-refractivity contribution is 0.295. The number of hydrogen-bond acceptors (Lipinski definition) is 3. The highest BCUT2D eigenvalue weighted by atomic mass is 35.5. The van der Waals surface area contributed by atoms with Crippen LogP contribution in [0.15, 0.2) is 6.07 Å². The maximum Gasteiger partial charge on any atom is 0.182 e. The van der Waals surface area contributed by atoms with Crippen LogP contribution >= 0.6 is 11.6 Å². The first kappa shape index (κ1) is 11.5. The molecule has 2 rings (SSSR count). The number of hydrogen-bond donors (Lipinski definition) is 1. The smallest absolute Gasteiger partial charge is 0.182 e. The van der Waals surface area contributed by atoms with Crippen LogP contribution in [0.25, 0.3) is 0 Å². The Kier molecular flexibility index (Phi) is 3.51. The first-order valence-corrected chi connectivity index (χ1v) is 5.49. The second-order valence-electron chi connectivity index (χ2n) is 3.51. The van der Waals surface area contributed by atoms with Crippen molar-refractivity contribution in [3.63, 3.8) is 0 Å². The van der Waals surface area contributed by atoms with Gasteiger partial charge in [-0.1, -0.05) is 11.6 Å². The number of ether oxygens (including phenoxy) is 2. The van der Waals surface area contributed by atoms with Gasteiger partial charge in [-0.2, -0.15) is 0 Å². The summed E-state index contributed by atoms with van der Waals surface area (Å²) in [6.45, 7) is 0.853. The van der Waals surface area contributed by atoms with Crippen molar-refractivity contribution in [1.29, 1.82) is 0 Å². The molecule has 16 heavy (non-hydrogen) atoms. The molecule has 1 aliphatic rings. The van der Waals surface area contributed by atoms with Crippen molar-refractivity contribution in [3.8, 4) is 11.5 Å². The summed E-state index contributed by atoms with van der Waals surface area (Å²) in [5, 5.41) is 8.75. The molecular weight excluding hydrogens is 235 g/mol. The van der Waals surface area contributed by atoms with Gasteiger partial charge < -0.3 is 14.6 Å². The Hall–Kier alpha value is -1.00. The fourth-order valence-corrected chi connectivity index (χ4v) is 1.86. The Balaban J connectivity index is 2.46. The van der Waals surface area contributed by atoms with E-state index in [1.54, 1.807) is 0 Å². The first-order valence-electron chi connectivity index (χ1n) is 5.11. The Labute approximate surface area is 97.7 Å². The monoisotopic (exact) mass is 246 g/mol. The van der Waals surface area contributed by atoms with E-state index in [0.29, 0.717) is 24.5 Å². The summed E-state index contributed by atoms with van der Waals surface area (Å²) in [5.74, 6) is 0.172. The molecule has 5 heteroatoms. The van der Waals surface area contributed by atoms with Crippen LogP contribution in [-0.4, -0.2) is 24.9 Å². The molecule has 1 N–H and O–H groups in total. The SMILES string of the molecule is OCCc1cc2c(c(Cl)c1F)OCCCO2. The molecule has 0 fully saturated rings. The molecule has 0 bridgehead atoms. The average Bonchev–Trinajstić information content (AvgIpc) is 2.51. The third-order valence-electron chi connectivity index (χ3n) is 2.38. The summed E-state index contributed by atoms with van der Waals surface area (Å²) in [6, 6.07) is 1.54. The lowest BCUT2D eigenvalue weighted by atomic mass is 10.1. The summed E-state index contributed by atoms with van der Waals surface area (Å²) in [7, 11) is 0. The van der Waals surface area contributed by atoms with E-state index in [9.17, 15) is 4.39 Å². The van der Waals surface area contributed by atoms with Crippen molar-refractivity contribution in [2.24, 2.45) is 0 Å². The molecule has 3 nitrogen and oxygen atoms in total. The van der Waals surface area contributed by atoms with Crippen LogP contribution in [-0.2, 0) is 6.42 Å². The molecule has 1 aromatic carbocycles. The van der Waals surface area contributed by atoms with Gasteiger partial charge in [0.25, 0.3) is 0 Å². The van der Waals surface area contributed by atoms with Gasteiger partial charge in [0.05, 0.1) is 13.2 Å². The van der Waals surface area contributed by atoms with Gasteiger partial charge in [-0.05, 0) is 18.1 Å². The van der Waals surface area contributed by atoms with E-state index in [0.717, 1.165) is 6.42 Å². The standard InChI is InChI=1S/C11H12ClFO3/c12-9-10(13)7(2-3-14)6-8-11(9)16-5-1-4-15-8/h6,14H,1-5H2. The lowest BCUT2D eigenvalue weighted by Gasteiger charge is -2.12. The van der Waals surface area contributed by atoms with Crippen LogP contribution in [0.1, 0.15) is 12.0 Å². The van der Waals surface area contributed by atoms with E-state index >= 15 is 0 Å². The molecule has 1 heterocycles. The van der Waals surface area contributed by atoms with Gasteiger partial charge in [0, 0.05) is 13.0 Å². The third kappa shape index (κ3) is 2.08. The van der Waals surface area contributed by atoms with Gasteiger partial charge in [-0.15, -0.1) is 0 Å². The minimum atomic E-state index is -0.542. The fraction of sp³-hybridized carbons (Fsp3) is 0.455. The van der Waals surface area contributed by atoms with Gasteiger partial charge in [0.2, 0.25) is 0 Å². The molecule has 0 saturated heterocycles. The normalized spacial score (nSPS) is 14.7. The highest BCUT2D eigenvalue weighted by molar-refractivity contribution is 6.32. The Morgan fingerprint density at radius 2 is 2.12 bits per heavy atom. The second kappa shape index (κ2) is 4.89. The highest BCUT2D eigenvalue weighted by Crippen LogP contribution is 2.40. The molecular formula is C11H12ClFO3. The first-order chi connectivity index (χ1) is 7.74. The highest BCUT2D eigenvalue weighted by Gasteiger charge is 2.20. The van der Waals surface area contributed by atoms with E-state index < -0.39 is 5.82 Å². The van der Waals surface area contributed by atoms with Crippen LogP contribution in [0.5, 0.6) is 11.5 Å². The summed E-state index contributed by atoms with van der Waals surface area (Å²) >= 11 is 5.86. The average molecular weight is 247 g/mol. The molecule has 0 radical (unpaired) electrons. The largest absolute Gasteiger partial charge is 0.489 e. The Morgan fingerprint density at radius 1 is 1.38 bits per heavy atom. The Bertz CT molecular complexity index is 395. The van der Waals surface area contributed by atoms with Crippen LogP contribution in [0.3, 0.4) is 0 Å². The van der Waals surface area contributed by atoms with Gasteiger partial charge in [0.15, 0.2) is 11.5 Å². The van der Waals surface area contributed by atoms with Crippen molar-refractivity contribution in [2.75, 3.05) is 19.8 Å². The fourth-order valence-electron chi connectivity index (χ4n) is 1.60. The summed E-state index contributed by atoms with van der Waals surface area (Å²) < 4.78 is 24.5. The van der Waals surface area contributed by atoms with E-state index in [-0.39, 0.29) is 23.8 Å². The van der Waals surface area contributed by atoms with Crippen molar-refractivity contribution < 1.29 is 19.0 Å². The zero-order valence-corrected chi connectivity index (χ0v) is 9.39. The third-order valence-corrected chi connectivity index (χ3v) is 2.71. The maximum absolute atomic E-state index is 13.7. The molecule has 1 aliphatic heterocycles. The van der Waals surface area contributed by atoms with E-state index in [1.807, 2.05) is 0 Å². The summed E-state index contributed by atoms with van der Waals surface area (Å²) in [5.41, 5.74) is 0.344. The summed E-state index contributed by atoms with van der Waals surface area (Å²) in [4.78, 5) is 0. The van der Waals surface area contributed by atoms with E-state index in [4.69, 9.17) is 26.2 Å². The van der Waals surface area contributed by atoms with Gasteiger partial charge in [-0.25, -0.2) is 4.39 Å². The number of halogens is 2. The van der Waals surface area contributed by atoms with Crippen molar-refractivity contribution in [1.82, 2.24) is 0 Å². The van der Waals surface area contributed by atoms with Crippen LogP contribution in [0, 0.1) is 5.82 Å². The molecule has 0 amide bonds. The zero-order chi connectivity index (χ0) is 11.5. The summed E-state index contributed by atoms with van der Waals surface area (Å²) in [6.07, 6.45) is 0.949. The van der Waals surface area contributed by atoms with Gasteiger partial charge in [-0.3, -0.25) is 0 Å². The van der Waals surface area contributed by atoms with Crippen LogP contribution < -0.4 is 9.47 Å².